The number of carbonyl (C=O) groups is 1. The lowest BCUT2D eigenvalue weighted by molar-refractivity contribution is -0.127. The van der Waals surface area contributed by atoms with E-state index in [9.17, 15) is 4.79 Å². The van der Waals surface area contributed by atoms with Gasteiger partial charge in [-0.15, -0.1) is 0 Å². The van der Waals surface area contributed by atoms with Gasteiger partial charge in [0.25, 0.3) is 0 Å². The largest absolute Gasteiger partial charge is 0.379 e. The average Bonchev–Trinajstić information content (AvgIpc) is 2.65. The van der Waals surface area contributed by atoms with Crippen LogP contribution in [0.4, 0.5) is 0 Å². The van der Waals surface area contributed by atoms with Crippen LogP contribution in [0, 0.1) is 11.8 Å². The molecule has 3 unspecified atom stereocenters. The van der Waals surface area contributed by atoms with Crippen molar-refractivity contribution in [3.05, 3.63) is 0 Å². The molecule has 1 aliphatic carbocycles. The third kappa shape index (κ3) is 3.19. The molecule has 0 bridgehead atoms. The van der Waals surface area contributed by atoms with Crippen molar-refractivity contribution in [2.75, 3.05) is 13.7 Å². The van der Waals surface area contributed by atoms with Gasteiger partial charge in [-0.3, -0.25) is 4.79 Å². The van der Waals surface area contributed by atoms with Gasteiger partial charge >= 0.3 is 0 Å². The Bertz CT molecular complexity index is 231. The van der Waals surface area contributed by atoms with Gasteiger partial charge in [-0.2, -0.15) is 0 Å². The topological polar surface area (TPSA) is 64.3 Å². The minimum absolute atomic E-state index is 0.0754. The summed E-state index contributed by atoms with van der Waals surface area (Å²) in [5.41, 5.74) is 5.62. The van der Waals surface area contributed by atoms with Crippen LogP contribution in [-0.4, -0.2) is 31.7 Å². The number of hydrogen-bond acceptors (Lipinski definition) is 3. The van der Waals surface area contributed by atoms with E-state index < -0.39 is 0 Å². The molecular formula is C12H24N2O2. The number of methoxy groups -OCH3 is 1. The molecular weight excluding hydrogens is 204 g/mol. The summed E-state index contributed by atoms with van der Waals surface area (Å²) in [5.74, 6) is 0.275. The van der Waals surface area contributed by atoms with E-state index in [2.05, 4.69) is 5.32 Å². The third-order valence-corrected chi connectivity index (χ3v) is 3.48. The first-order valence-corrected chi connectivity index (χ1v) is 6.13. The lowest BCUT2D eigenvalue weighted by atomic mass is 9.94. The molecule has 0 saturated heterocycles. The SMILES string of the molecule is COC1CCCC1NC(=O)C(CN)C(C)C. The van der Waals surface area contributed by atoms with E-state index >= 15 is 0 Å². The van der Waals surface area contributed by atoms with Crippen LogP contribution in [0.25, 0.3) is 0 Å². The second kappa shape index (κ2) is 6.21. The fourth-order valence-electron chi connectivity index (χ4n) is 2.34. The van der Waals surface area contributed by atoms with Gasteiger partial charge in [0.15, 0.2) is 0 Å². The highest BCUT2D eigenvalue weighted by atomic mass is 16.5. The number of amides is 1. The Morgan fingerprint density at radius 1 is 1.50 bits per heavy atom. The second-order valence-corrected chi connectivity index (χ2v) is 4.91. The maximum absolute atomic E-state index is 12.0. The zero-order valence-corrected chi connectivity index (χ0v) is 10.5. The van der Waals surface area contributed by atoms with Crippen molar-refractivity contribution in [3.8, 4) is 0 Å². The minimum atomic E-state index is -0.0851. The molecule has 0 heterocycles. The lowest BCUT2D eigenvalue weighted by Crippen LogP contribution is -2.46. The van der Waals surface area contributed by atoms with Gasteiger partial charge in [-0.1, -0.05) is 13.8 Å². The van der Waals surface area contributed by atoms with E-state index in [1.807, 2.05) is 13.8 Å². The molecule has 1 saturated carbocycles. The zero-order chi connectivity index (χ0) is 12.1. The van der Waals surface area contributed by atoms with Crippen molar-refractivity contribution < 1.29 is 9.53 Å². The van der Waals surface area contributed by atoms with Crippen LogP contribution < -0.4 is 11.1 Å². The molecule has 0 aromatic heterocycles. The van der Waals surface area contributed by atoms with Crippen LogP contribution in [0.3, 0.4) is 0 Å². The first-order chi connectivity index (χ1) is 7.60. The van der Waals surface area contributed by atoms with Gasteiger partial charge < -0.3 is 15.8 Å². The Morgan fingerprint density at radius 3 is 2.69 bits per heavy atom. The standard InChI is InChI=1S/C12H24N2O2/c1-8(2)9(7-13)12(15)14-10-5-4-6-11(10)16-3/h8-11H,4-7,13H2,1-3H3,(H,14,15). The van der Waals surface area contributed by atoms with Gasteiger partial charge in [0.05, 0.1) is 18.1 Å². The smallest absolute Gasteiger partial charge is 0.224 e. The summed E-state index contributed by atoms with van der Waals surface area (Å²) in [6, 6.07) is 0.172. The van der Waals surface area contributed by atoms with Crippen LogP contribution in [0.5, 0.6) is 0 Å². The van der Waals surface area contributed by atoms with Crippen molar-refractivity contribution in [1.29, 1.82) is 0 Å². The van der Waals surface area contributed by atoms with Crippen molar-refractivity contribution in [1.82, 2.24) is 5.32 Å². The fourth-order valence-corrected chi connectivity index (χ4v) is 2.34. The second-order valence-electron chi connectivity index (χ2n) is 4.91. The Morgan fingerprint density at radius 2 is 2.19 bits per heavy atom. The van der Waals surface area contributed by atoms with Crippen molar-refractivity contribution in [2.45, 2.75) is 45.3 Å². The molecule has 3 N–H and O–H groups in total. The summed E-state index contributed by atoms with van der Waals surface area (Å²) in [6.07, 6.45) is 3.35. The molecule has 4 heteroatoms. The van der Waals surface area contributed by atoms with Gasteiger partial charge in [0, 0.05) is 13.7 Å². The highest BCUT2D eigenvalue weighted by Gasteiger charge is 2.30. The maximum atomic E-state index is 12.0. The molecule has 0 aromatic rings. The molecule has 0 aromatic carbocycles. The molecule has 0 aliphatic heterocycles. The molecule has 0 radical (unpaired) electrons. The van der Waals surface area contributed by atoms with Gasteiger partial charge in [-0.25, -0.2) is 0 Å². The first-order valence-electron chi connectivity index (χ1n) is 6.13. The van der Waals surface area contributed by atoms with E-state index in [0.29, 0.717) is 6.54 Å². The normalized spacial score (nSPS) is 27.1. The monoisotopic (exact) mass is 228 g/mol. The Balaban J connectivity index is 2.49. The summed E-state index contributed by atoms with van der Waals surface area (Å²) < 4.78 is 5.35. The third-order valence-electron chi connectivity index (χ3n) is 3.48. The summed E-state index contributed by atoms with van der Waals surface area (Å²) in [7, 11) is 1.71. The summed E-state index contributed by atoms with van der Waals surface area (Å²) in [6.45, 7) is 4.47. The van der Waals surface area contributed by atoms with Crippen molar-refractivity contribution in [2.24, 2.45) is 17.6 Å². The Labute approximate surface area is 97.9 Å². The van der Waals surface area contributed by atoms with Crippen LogP contribution >= 0.6 is 0 Å². The van der Waals surface area contributed by atoms with Gasteiger partial charge in [-0.05, 0) is 25.2 Å². The predicted molar refractivity (Wildman–Crippen MR) is 64.0 cm³/mol. The number of nitrogens with one attached hydrogen (secondary N) is 1. The molecule has 16 heavy (non-hydrogen) atoms. The van der Waals surface area contributed by atoms with Gasteiger partial charge in [0.2, 0.25) is 5.91 Å². The number of hydrogen-bond donors (Lipinski definition) is 2. The van der Waals surface area contributed by atoms with Crippen LogP contribution in [-0.2, 0) is 9.53 Å². The molecule has 1 amide bonds. The van der Waals surface area contributed by atoms with Crippen LogP contribution in [0.1, 0.15) is 33.1 Å². The van der Waals surface area contributed by atoms with E-state index in [0.717, 1.165) is 19.3 Å². The number of ether oxygens (including phenoxy) is 1. The van der Waals surface area contributed by atoms with Gasteiger partial charge in [0.1, 0.15) is 0 Å². The molecule has 1 rings (SSSR count). The highest BCUT2D eigenvalue weighted by molar-refractivity contribution is 5.79. The molecule has 1 fully saturated rings. The predicted octanol–water partition coefficient (Wildman–Crippen LogP) is 0.901. The molecule has 0 spiro atoms. The van der Waals surface area contributed by atoms with Crippen molar-refractivity contribution in [3.63, 3.8) is 0 Å². The summed E-state index contributed by atoms with van der Waals surface area (Å²) in [4.78, 5) is 12.0. The Hall–Kier alpha value is -0.610. The fraction of sp³-hybridized carbons (Fsp3) is 0.917. The number of carbonyl (C=O) groups excluding carboxylic acids is 1. The van der Waals surface area contributed by atoms with Crippen LogP contribution in [0.15, 0.2) is 0 Å². The van der Waals surface area contributed by atoms with Crippen molar-refractivity contribution >= 4 is 5.91 Å². The first kappa shape index (κ1) is 13.5. The maximum Gasteiger partial charge on any atom is 0.224 e. The summed E-state index contributed by atoms with van der Waals surface area (Å²) in [5, 5.41) is 3.07. The van der Waals surface area contributed by atoms with E-state index in [-0.39, 0.29) is 29.9 Å². The number of rotatable bonds is 5. The van der Waals surface area contributed by atoms with E-state index in [4.69, 9.17) is 10.5 Å². The quantitative estimate of drug-likeness (QED) is 0.735. The minimum Gasteiger partial charge on any atom is -0.379 e. The average molecular weight is 228 g/mol. The number of nitrogens with two attached hydrogens (primary N) is 1. The molecule has 1 aliphatic rings. The van der Waals surface area contributed by atoms with Crippen LogP contribution in [0.2, 0.25) is 0 Å². The highest BCUT2D eigenvalue weighted by Crippen LogP contribution is 2.22. The van der Waals surface area contributed by atoms with E-state index in [1.165, 1.54) is 0 Å². The molecule has 94 valence electrons. The summed E-state index contributed by atoms with van der Waals surface area (Å²) >= 11 is 0. The Kier molecular flexibility index (Phi) is 5.22. The van der Waals surface area contributed by atoms with E-state index in [1.54, 1.807) is 7.11 Å². The zero-order valence-electron chi connectivity index (χ0n) is 10.5. The molecule has 4 nitrogen and oxygen atoms in total. The molecule has 3 atom stereocenters. The lowest BCUT2D eigenvalue weighted by Gasteiger charge is -2.24.